The molecule has 0 heterocycles. The van der Waals surface area contributed by atoms with E-state index >= 15 is 0 Å². The van der Waals surface area contributed by atoms with E-state index in [1.54, 1.807) is 0 Å². The molecule has 12 heteroatoms. The minimum absolute atomic E-state index is 0. The molecule has 126 valence electrons. The molecule has 0 aromatic carbocycles. The van der Waals surface area contributed by atoms with Crippen LogP contribution in [0.2, 0.25) is 0 Å². The third-order valence-electron chi connectivity index (χ3n) is 3.67. The maximum absolute atomic E-state index is 11.1. The number of carbonyl (C=O) groups is 4. The molecule has 4 unspecified atom stereocenters. The van der Waals surface area contributed by atoms with Gasteiger partial charge in [0.15, 0.2) is 0 Å². The summed E-state index contributed by atoms with van der Waals surface area (Å²) in [5, 5.41) is 43.6. The monoisotopic (exact) mass is 406 g/mol. The van der Waals surface area contributed by atoms with E-state index in [0.717, 1.165) is 0 Å². The van der Waals surface area contributed by atoms with Crippen LogP contribution in [-0.4, -0.2) is 23.9 Å². The first-order valence-corrected chi connectivity index (χ1v) is 6.93. The zero-order chi connectivity index (χ0) is 17.4. The van der Waals surface area contributed by atoms with Gasteiger partial charge >= 0.3 is 118 Å². The Morgan fingerprint density at radius 3 is 1.19 bits per heavy atom. The van der Waals surface area contributed by atoms with E-state index in [1.165, 1.54) is 13.8 Å². The summed E-state index contributed by atoms with van der Waals surface area (Å²) < 4.78 is 0. The van der Waals surface area contributed by atoms with E-state index in [2.05, 4.69) is 0 Å². The molecule has 0 fully saturated rings. The second kappa shape index (κ2) is 20.2. The number of carbonyl (C=O) groups excluding carboxylic acids is 4. The van der Waals surface area contributed by atoms with Crippen LogP contribution >= 0.6 is 0 Å². The van der Waals surface area contributed by atoms with Gasteiger partial charge in [0.2, 0.25) is 0 Å². The molecule has 0 aliphatic carbocycles. The number of hydrogen-bond donors (Lipinski definition) is 0. The van der Waals surface area contributed by atoms with Crippen molar-refractivity contribution in [3.63, 3.8) is 0 Å². The molecule has 0 N–H and O–H groups in total. The van der Waals surface area contributed by atoms with Crippen LogP contribution in [0, 0.1) is 23.7 Å². The SMILES string of the molecule is CCC(CC(CC(CC(C)C(=O)[O-])C(=O)[O-])C(=O)[O-])C(=O)[O-].[Na+].[Na+].[Na+].[Na+]. The molecule has 26 heavy (non-hydrogen) atoms. The molecule has 0 spiro atoms. The van der Waals surface area contributed by atoms with Gasteiger partial charge in [-0.25, -0.2) is 0 Å². The van der Waals surface area contributed by atoms with E-state index in [-0.39, 0.29) is 137 Å². The smallest absolute Gasteiger partial charge is 0.550 e. The van der Waals surface area contributed by atoms with Gasteiger partial charge in [0.05, 0.1) is 0 Å². The summed E-state index contributed by atoms with van der Waals surface area (Å²) in [4.78, 5) is 43.6. The number of carboxylic acid groups (broad SMARTS) is 4. The van der Waals surface area contributed by atoms with Crippen LogP contribution in [0.4, 0.5) is 0 Å². The Hall–Kier alpha value is 1.88. The second-order valence-electron chi connectivity index (χ2n) is 5.38. The average molecular weight is 406 g/mol. The van der Waals surface area contributed by atoms with Crippen LogP contribution in [0.15, 0.2) is 0 Å². The molecule has 0 aliphatic rings. The first kappa shape index (κ1) is 38.5. The number of carboxylic acids is 4. The topological polar surface area (TPSA) is 161 Å². The van der Waals surface area contributed by atoms with Crippen LogP contribution in [0.3, 0.4) is 0 Å². The predicted octanol–water partition coefficient (Wildman–Crippen LogP) is -15.9. The Labute approximate surface area is 241 Å². The molecule has 0 saturated heterocycles. The summed E-state index contributed by atoms with van der Waals surface area (Å²) in [5.41, 5.74) is 0. The molecule has 0 radical (unpaired) electrons. The Morgan fingerprint density at radius 2 is 0.923 bits per heavy atom. The zero-order valence-corrected chi connectivity index (χ0v) is 24.4. The van der Waals surface area contributed by atoms with E-state index in [4.69, 9.17) is 0 Å². The fraction of sp³-hybridized carbons (Fsp3) is 0.714. The van der Waals surface area contributed by atoms with Crippen LogP contribution in [0.1, 0.15) is 39.5 Å². The van der Waals surface area contributed by atoms with Gasteiger partial charge in [-0.05, 0) is 49.4 Å². The van der Waals surface area contributed by atoms with Crippen molar-refractivity contribution in [3.05, 3.63) is 0 Å². The summed E-state index contributed by atoms with van der Waals surface area (Å²) in [7, 11) is 0. The zero-order valence-electron chi connectivity index (χ0n) is 16.4. The summed E-state index contributed by atoms with van der Waals surface area (Å²) in [6.45, 7) is 2.76. The van der Waals surface area contributed by atoms with E-state index in [9.17, 15) is 39.6 Å². The first-order valence-electron chi connectivity index (χ1n) is 6.93. The van der Waals surface area contributed by atoms with Crippen LogP contribution in [0.25, 0.3) is 0 Å². The normalized spacial score (nSPS) is 13.8. The average Bonchev–Trinajstić information content (AvgIpc) is 2.40. The summed E-state index contributed by atoms with van der Waals surface area (Å²) in [6.07, 6.45) is -1.05. The number of hydrogen-bond acceptors (Lipinski definition) is 8. The Kier molecular flexibility index (Phi) is 29.8. The first-order chi connectivity index (χ1) is 10.1. The fourth-order valence-electron chi connectivity index (χ4n) is 2.22. The van der Waals surface area contributed by atoms with Gasteiger partial charge in [-0.3, -0.25) is 0 Å². The van der Waals surface area contributed by atoms with E-state index in [1.807, 2.05) is 0 Å². The van der Waals surface area contributed by atoms with Crippen LogP contribution in [0.5, 0.6) is 0 Å². The second-order valence-corrected chi connectivity index (χ2v) is 5.38. The van der Waals surface area contributed by atoms with Crippen molar-refractivity contribution >= 4 is 23.9 Å². The molecule has 0 amide bonds. The van der Waals surface area contributed by atoms with Crippen molar-refractivity contribution in [1.29, 1.82) is 0 Å². The summed E-state index contributed by atoms with van der Waals surface area (Å²) in [6, 6.07) is 0. The molecule has 0 bridgehead atoms. The molecular formula is C14H18Na4O8. The van der Waals surface area contributed by atoms with Gasteiger partial charge < -0.3 is 39.6 Å². The summed E-state index contributed by atoms with van der Waals surface area (Å²) in [5.74, 6) is -10.9. The quantitative estimate of drug-likeness (QED) is 0.306. The Balaban J connectivity index is -0.000000367. The minimum Gasteiger partial charge on any atom is -0.550 e. The standard InChI is InChI=1S/C14H22O8.4Na/c1-3-8(12(17)18)5-10(14(21)22)6-9(13(19)20)4-7(2)11(15)16;;;;/h7-10H,3-6H2,1-2H3,(H,15,16)(H,17,18)(H,19,20)(H,21,22);;;;/q;4*+1/p-4. The molecular weight excluding hydrogens is 388 g/mol. The molecule has 8 nitrogen and oxygen atoms in total. The van der Waals surface area contributed by atoms with Crippen molar-refractivity contribution in [2.24, 2.45) is 23.7 Å². The van der Waals surface area contributed by atoms with Gasteiger partial charge in [-0.2, -0.15) is 0 Å². The van der Waals surface area contributed by atoms with Gasteiger partial charge in [-0.15, -0.1) is 0 Å². The predicted molar refractivity (Wildman–Crippen MR) is 63.8 cm³/mol. The molecule has 0 saturated carbocycles. The fourth-order valence-corrected chi connectivity index (χ4v) is 2.22. The number of rotatable bonds is 11. The third kappa shape index (κ3) is 15.8. The maximum atomic E-state index is 11.1. The van der Waals surface area contributed by atoms with E-state index < -0.39 is 54.0 Å². The molecule has 0 aromatic heterocycles. The number of aliphatic carboxylic acids is 4. The minimum atomic E-state index is -1.60. The maximum Gasteiger partial charge on any atom is 1.00 e. The summed E-state index contributed by atoms with van der Waals surface area (Å²) >= 11 is 0. The van der Waals surface area contributed by atoms with Gasteiger partial charge in [0, 0.05) is 23.9 Å². The molecule has 4 atom stereocenters. The molecule has 0 aromatic rings. The molecule has 0 aliphatic heterocycles. The van der Waals surface area contributed by atoms with Gasteiger partial charge in [0.1, 0.15) is 0 Å². The Morgan fingerprint density at radius 1 is 0.615 bits per heavy atom. The van der Waals surface area contributed by atoms with Gasteiger partial charge in [0.25, 0.3) is 0 Å². The largest absolute Gasteiger partial charge is 1.00 e. The van der Waals surface area contributed by atoms with Crippen LogP contribution in [-0.2, 0) is 19.2 Å². The Bertz CT molecular complexity index is 447. The van der Waals surface area contributed by atoms with Crippen molar-refractivity contribution in [3.8, 4) is 0 Å². The van der Waals surface area contributed by atoms with E-state index in [0.29, 0.717) is 0 Å². The van der Waals surface area contributed by atoms with Crippen molar-refractivity contribution in [2.45, 2.75) is 39.5 Å². The van der Waals surface area contributed by atoms with Crippen molar-refractivity contribution in [1.82, 2.24) is 0 Å². The van der Waals surface area contributed by atoms with Gasteiger partial charge in [-0.1, -0.05) is 13.8 Å². The third-order valence-corrected chi connectivity index (χ3v) is 3.67. The molecule has 0 rings (SSSR count). The van der Waals surface area contributed by atoms with Crippen molar-refractivity contribution in [2.75, 3.05) is 0 Å². The van der Waals surface area contributed by atoms with Crippen LogP contribution < -0.4 is 139 Å². The van der Waals surface area contributed by atoms with Crippen molar-refractivity contribution < 1.29 is 158 Å².